The number of nitrogens with one attached hydrogen (secondary N) is 2. The Morgan fingerprint density at radius 1 is 0.824 bits per heavy atom. The van der Waals surface area contributed by atoms with E-state index >= 15 is 0 Å². The number of rotatable bonds is 7. The molecule has 0 fully saturated rings. The third-order valence-electron chi connectivity index (χ3n) is 5.61. The van der Waals surface area contributed by atoms with Crippen LogP contribution in [0.3, 0.4) is 0 Å². The summed E-state index contributed by atoms with van der Waals surface area (Å²) in [7, 11) is 0. The first-order valence-electron chi connectivity index (χ1n) is 11.1. The van der Waals surface area contributed by atoms with E-state index in [-0.39, 0.29) is 36.1 Å². The van der Waals surface area contributed by atoms with Crippen LogP contribution in [0.4, 0.5) is 5.69 Å². The van der Waals surface area contributed by atoms with Crippen LogP contribution in [0, 0.1) is 5.92 Å². The van der Waals surface area contributed by atoms with Crippen LogP contribution >= 0.6 is 0 Å². The van der Waals surface area contributed by atoms with Crippen LogP contribution in [-0.4, -0.2) is 28.5 Å². The third-order valence-corrected chi connectivity index (χ3v) is 5.61. The lowest BCUT2D eigenvalue weighted by Gasteiger charge is -2.14. The standard InChI is InChI=1S/C27H25N3O4/c1-17(2)24(31)29-21-12-10-18(11-13-21)15-28-25(32)20-7-5-6-19(14-20)16-30-26(33)22-8-3-4-9-23(22)27(30)34/h3-14,17H,15-16H2,1-2H3,(H,28,32)(H,29,31). The second-order valence-corrected chi connectivity index (χ2v) is 8.47. The molecular weight excluding hydrogens is 430 g/mol. The monoisotopic (exact) mass is 455 g/mol. The molecule has 34 heavy (non-hydrogen) atoms. The van der Waals surface area contributed by atoms with Crippen LogP contribution in [-0.2, 0) is 17.9 Å². The van der Waals surface area contributed by atoms with E-state index in [1.807, 2.05) is 26.0 Å². The highest BCUT2D eigenvalue weighted by atomic mass is 16.2. The molecule has 1 heterocycles. The molecule has 1 aliphatic heterocycles. The number of imide groups is 1. The van der Waals surface area contributed by atoms with Crippen LogP contribution < -0.4 is 10.6 Å². The molecule has 4 amide bonds. The van der Waals surface area contributed by atoms with Crippen molar-refractivity contribution in [3.05, 3.63) is 101 Å². The molecule has 4 rings (SSSR count). The summed E-state index contributed by atoms with van der Waals surface area (Å²) in [5.41, 5.74) is 3.52. The Hall–Kier alpha value is -4.26. The molecule has 0 radical (unpaired) electrons. The van der Waals surface area contributed by atoms with Gasteiger partial charge in [-0.3, -0.25) is 24.1 Å². The Balaban J connectivity index is 1.37. The Morgan fingerprint density at radius 2 is 1.47 bits per heavy atom. The van der Waals surface area contributed by atoms with Crippen LogP contribution in [0.5, 0.6) is 0 Å². The maximum absolute atomic E-state index is 12.7. The third kappa shape index (κ3) is 4.88. The fraction of sp³-hybridized carbons (Fsp3) is 0.185. The topological polar surface area (TPSA) is 95.6 Å². The molecule has 0 bridgehead atoms. The van der Waals surface area contributed by atoms with Crippen molar-refractivity contribution >= 4 is 29.3 Å². The molecule has 0 unspecified atom stereocenters. The van der Waals surface area contributed by atoms with Crippen molar-refractivity contribution in [2.75, 3.05) is 5.32 Å². The summed E-state index contributed by atoms with van der Waals surface area (Å²) in [6, 6.07) is 20.9. The maximum atomic E-state index is 12.7. The van der Waals surface area contributed by atoms with Gasteiger partial charge in [-0.15, -0.1) is 0 Å². The first-order chi connectivity index (χ1) is 16.3. The zero-order valence-corrected chi connectivity index (χ0v) is 19.0. The van der Waals surface area contributed by atoms with Gasteiger partial charge in [0.25, 0.3) is 17.7 Å². The van der Waals surface area contributed by atoms with E-state index in [0.29, 0.717) is 34.5 Å². The molecule has 0 aromatic heterocycles. The van der Waals surface area contributed by atoms with Gasteiger partial charge in [0.1, 0.15) is 0 Å². The zero-order chi connectivity index (χ0) is 24.2. The van der Waals surface area contributed by atoms with Gasteiger partial charge in [-0.1, -0.05) is 50.2 Å². The van der Waals surface area contributed by atoms with E-state index in [1.165, 1.54) is 4.90 Å². The second kappa shape index (κ2) is 9.70. The van der Waals surface area contributed by atoms with Crippen molar-refractivity contribution < 1.29 is 19.2 Å². The van der Waals surface area contributed by atoms with Gasteiger partial charge < -0.3 is 10.6 Å². The largest absolute Gasteiger partial charge is 0.348 e. The highest BCUT2D eigenvalue weighted by Crippen LogP contribution is 2.24. The Bertz CT molecular complexity index is 1230. The van der Waals surface area contributed by atoms with E-state index in [9.17, 15) is 19.2 Å². The van der Waals surface area contributed by atoms with Crippen molar-refractivity contribution in [2.24, 2.45) is 5.92 Å². The van der Waals surface area contributed by atoms with E-state index < -0.39 is 0 Å². The SMILES string of the molecule is CC(C)C(=O)Nc1ccc(CNC(=O)c2cccc(CN3C(=O)c4ccccc4C3=O)c2)cc1. The minimum atomic E-state index is -0.330. The maximum Gasteiger partial charge on any atom is 0.261 e. The van der Waals surface area contributed by atoms with E-state index in [0.717, 1.165) is 5.56 Å². The number of amides is 4. The van der Waals surface area contributed by atoms with Crippen molar-refractivity contribution in [1.82, 2.24) is 10.2 Å². The molecule has 1 aliphatic rings. The van der Waals surface area contributed by atoms with Crippen molar-refractivity contribution in [3.8, 4) is 0 Å². The zero-order valence-electron chi connectivity index (χ0n) is 19.0. The smallest absolute Gasteiger partial charge is 0.261 e. The number of carbonyl (C=O) groups is 4. The lowest BCUT2D eigenvalue weighted by molar-refractivity contribution is -0.118. The average Bonchev–Trinajstić information content (AvgIpc) is 3.08. The molecule has 0 saturated carbocycles. The Kier molecular flexibility index (Phi) is 6.54. The summed E-state index contributed by atoms with van der Waals surface area (Å²) in [6.07, 6.45) is 0. The first-order valence-corrected chi connectivity index (χ1v) is 11.1. The van der Waals surface area contributed by atoms with E-state index in [2.05, 4.69) is 10.6 Å². The predicted octanol–water partition coefficient (Wildman–Crippen LogP) is 4.01. The number of hydrogen-bond acceptors (Lipinski definition) is 4. The lowest BCUT2D eigenvalue weighted by atomic mass is 10.1. The molecule has 0 saturated heterocycles. The molecule has 2 N–H and O–H groups in total. The van der Waals surface area contributed by atoms with Gasteiger partial charge >= 0.3 is 0 Å². The molecular formula is C27H25N3O4. The number of nitrogens with zero attached hydrogens (tertiary/aromatic N) is 1. The van der Waals surface area contributed by atoms with Crippen molar-refractivity contribution in [2.45, 2.75) is 26.9 Å². The molecule has 0 atom stereocenters. The van der Waals surface area contributed by atoms with Crippen molar-refractivity contribution in [3.63, 3.8) is 0 Å². The van der Waals surface area contributed by atoms with Crippen LogP contribution in [0.2, 0.25) is 0 Å². The summed E-state index contributed by atoms with van der Waals surface area (Å²) in [5, 5.41) is 5.70. The highest BCUT2D eigenvalue weighted by molar-refractivity contribution is 6.21. The first kappa shape index (κ1) is 22.9. The summed E-state index contributed by atoms with van der Waals surface area (Å²) in [6.45, 7) is 4.07. The van der Waals surface area contributed by atoms with Gasteiger partial charge in [-0.2, -0.15) is 0 Å². The van der Waals surface area contributed by atoms with Crippen LogP contribution in [0.15, 0.2) is 72.8 Å². The summed E-state index contributed by atoms with van der Waals surface area (Å²) in [5.74, 6) is -1.08. The van der Waals surface area contributed by atoms with E-state index in [4.69, 9.17) is 0 Å². The van der Waals surface area contributed by atoms with E-state index in [1.54, 1.807) is 60.7 Å². The summed E-state index contributed by atoms with van der Waals surface area (Å²) in [4.78, 5) is 50.9. The van der Waals surface area contributed by atoms with Gasteiger partial charge in [0.05, 0.1) is 17.7 Å². The molecule has 3 aromatic carbocycles. The van der Waals surface area contributed by atoms with Gasteiger partial charge in [-0.25, -0.2) is 0 Å². The summed E-state index contributed by atoms with van der Waals surface area (Å²) < 4.78 is 0. The normalized spacial score (nSPS) is 12.6. The quantitative estimate of drug-likeness (QED) is 0.526. The predicted molar refractivity (Wildman–Crippen MR) is 128 cm³/mol. The molecule has 172 valence electrons. The minimum Gasteiger partial charge on any atom is -0.348 e. The minimum absolute atomic E-state index is 0.0536. The van der Waals surface area contributed by atoms with Gasteiger partial charge in [0, 0.05) is 23.7 Å². The molecule has 3 aromatic rings. The van der Waals surface area contributed by atoms with Gasteiger partial charge in [0.15, 0.2) is 0 Å². The van der Waals surface area contributed by atoms with Gasteiger partial charge in [-0.05, 0) is 47.5 Å². The Morgan fingerprint density at radius 3 is 2.09 bits per heavy atom. The second-order valence-electron chi connectivity index (χ2n) is 8.47. The fourth-order valence-corrected chi connectivity index (χ4v) is 3.65. The molecule has 7 heteroatoms. The van der Waals surface area contributed by atoms with Crippen LogP contribution in [0.1, 0.15) is 56.0 Å². The van der Waals surface area contributed by atoms with Gasteiger partial charge in [0.2, 0.25) is 5.91 Å². The molecule has 7 nitrogen and oxygen atoms in total. The number of anilines is 1. The average molecular weight is 456 g/mol. The number of carbonyl (C=O) groups excluding carboxylic acids is 4. The van der Waals surface area contributed by atoms with Crippen LogP contribution in [0.25, 0.3) is 0 Å². The highest BCUT2D eigenvalue weighted by Gasteiger charge is 2.34. The number of hydrogen-bond donors (Lipinski definition) is 2. The Labute approximate surface area is 197 Å². The number of benzene rings is 3. The molecule has 0 aliphatic carbocycles. The molecule has 0 spiro atoms. The summed E-state index contributed by atoms with van der Waals surface area (Å²) >= 11 is 0. The fourth-order valence-electron chi connectivity index (χ4n) is 3.65. The lowest BCUT2D eigenvalue weighted by Crippen LogP contribution is -2.29. The number of fused-ring (bicyclic) bond motifs is 1. The van der Waals surface area contributed by atoms with Crippen molar-refractivity contribution in [1.29, 1.82) is 0 Å².